The van der Waals surface area contributed by atoms with Crippen LogP contribution in [-0.2, 0) is 9.53 Å². The summed E-state index contributed by atoms with van der Waals surface area (Å²) in [6.07, 6.45) is 1.54. The zero-order chi connectivity index (χ0) is 11.0. The van der Waals surface area contributed by atoms with E-state index in [4.69, 9.17) is 4.74 Å². The number of carbonyl (C=O) groups excluding carboxylic acids is 1. The van der Waals surface area contributed by atoms with Crippen molar-refractivity contribution >= 4 is 5.91 Å². The molecule has 0 heterocycles. The number of rotatable bonds is 7. The Balaban J connectivity index is 3.39. The van der Waals surface area contributed by atoms with Gasteiger partial charge in [-0.15, -0.1) is 0 Å². The van der Waals surface area contributed by atoms with E-state index in [-0.39, 0.29) is 5.91 Å². The lowest BCUT2D eigenvalue weighted by Crippen LogP contribution is -2.32. The lowest BCUT2D eigenvalue weighted by molar-refractivity contribution is -0.128. The molecule has 14 heavy (non-hydrogen) atoms. The number of hydrogen-bond donors (Lipinski definition) is 1. The number of amides is 1. The van der Waals surface area contributed by atoms with Crippen LogP contribution >= 0.6 is 0 Å². The van der Waals surface area contributed by atoms with Crippen molar-refractivity contribution in [3.63, 3.8) is 0 Å². The fourth-order valence-corrected chi connectivity index (χ4v) is 1.05. The summed E-state index contributed by atoms with van der Waals surface area (Å²) in [5.41, 5.74) is 0. The Kier molecular flexibility index (Phi) is 7.42. The molecule has 0 aliphatic heterocycles. The van der Waals surface area contributed by atoms with Crippen LogP contribution in [0.2, 0.25) is 0 Å². The van der Waals surface area contributed by atoms with E-state index >= 15 is 0 Å². The quantitative estimate of drug-likeness (QED) is 0.653. The molecular formula is C10H22N2O2. The van der Waals surface area contributed by atoms with Gasteiger partial charge in [-0.3, -0.25) is 4.79 Å². The first kappa shape index (κ1) is 13.4. The molecule has 0 bridgehead atoms. The van der Waals surface area contributed by atoms with Gasteiger partial charge in [-0.1, -0.05) is 0 Å². The Labute approximate surface area is 86.6 Å². The van der Waals surface area contributed by atoms with Crippen LogP contribution in [0.3, 0.4) is 0 Å². The SMILES string of the molecule is COCCC(C)NCCC(=O)N(C)C. The predicted octanol–water partition coefficient (Wildman–Crippen LogP) is 0.479. The van der Waals surface area contributed by atoms with Gasteiger partial charge in [0.25, 0.3) is 0 Å². The van der Waals surface area contributed by atoms with Gasteiger partial charge < -0.3 is 15.0 Å². The lowest BCUT2D eigenvalue weighted by atomic mass is 10.2. The Bertz CT molecular complexity index is 160. The molecule has 0 aromatic carbocycles. The number of hydrogen-bond acceptors (Lipinski definition) is 3. The van der Waals surface area contributed by atoms with E-state index in [9.17, 15) is 4.79 Å². The summed E-state index contributed by atoms with van der Waals surface area (Å²) < 4.78 is 4.96. The molecule has 0 aromatic rings. The molecule has 1 amide bonds. The summed E-state index contributed by atoms with van der Waals surface area (Å²) in [6.45, 7) is 3.59. The van der Waals surface area contributed by atoms with Gasteiger partial charge in [-0.05, 0) is 13.3 Å². The summed E-state index contributed by atoms with van der Waals surface area (Å²) in [5, 5.41) is 3.28. The van der Waals surface area contributed by atoms with Crippen molar-refractivity contribution in [2.75, 3.05) is 34.4 Å². The van der Waals surface area contributed by atoms with E-state index < -0.39 is 0 Å². The van der Waals surface area contributed by atoms with Crippen molar-refractivity contribution in [2.45, 2.75) is 25.8 Å². The van der Waals surface area contributed by atoms with Gasteiger partial charge in [0.1, 0.15) is 0 Å². The summed E-state index contributed by atoms with van der Waals surface area (Å²) in [5.74, 6) is 0.163. The maximum atomic E-state index is 11.2. The van der Waals surface area contributed by atoms with E-state index in [0.717, 1.165) is 19.6 Å². The second-order valence-corrected chi connectivity index (χ2v) is 3.67. The average Bonchev–Trinajstić information content (AvgIpc) is 2.14. The summed E-state index contributed by atoms with van der Waals surface area (Å²) in [4.78, 5) is 12.8. The minimum atomic E-state index is 0.163. The van der Waals surface area contributed by atoms with Crippen LogP contribution in [0.4, 0.5) is 0 Å². The summed E-state index contributed by atoms with van der Waals surface area (Å²) in [6, 6.07) is 0.407. The van der Waals surface area contributed by atoms with Crippen LogP contribution in [-0.4, -0.2) is 51.2 Å². The van der Waals surface area contributed by atoms with Crippen LogP contribution in [0.15, 0.2) is 0 Å². The zero-order valence-electron chi connectivity index (χ0n) is 9.67. The minimum absolute atomic E-state index is 0.163. The molecule has 0 aromatic heterocycles. The molecule has 84 valence electrons. The van der Waals surface area contributed by atoms with Crippen LogP contribution in [0.5, 0.6) is 0 Å². The Morgan fingerprint density at radius 1 is 1.50 bits per heavy atom. The number of methoxy groups -OCH3 is 1. The zero-order valence-corrected chi connectivity index (χ0v) is 9.67. The van der Waals surface area contributed by atoms with Gasteiger partial charge in [-0.25, -0.2) is 0 Å². The molecule has 4 nitrogen and oxygen atoms in total. The smallest absolute Gasteiger partial charge is 0.223 e. The maximum Gasteiger partial charge on any atom is 0.223 e. The van der Waals surface area contributed by atoms with E-state index in [1.165, 1.54) is 0 Å². The number of nitrogens with one attached hydrogen (secondary N) is 1. The fourth-order valence-electron chi connectivity index (χ4n) is 1.05. The third kappa shape index (κ3) is 6.86. The molecule has 0 spiro atoms. The molecule has 0 radical (unpaired) electrons. The van der Waals surface area contributed by atoms with E-state index in [1.54, 1.807) is 26.1 Å². The molecule has 4 heteroatoms. The van der Waals surface area contributed by atoms with Crippen molar-refractivity contribution < 1.29 is 9.53 Å². The number of carbonyl (C=O) groups is 1. The molecular weight excluding hydrogens is 180 g/mol. The van der Waals surface area contributed by atoms with Gasteiger partial charge in [0.05, 0.1) is 0 Å². The topological polar surface area (TPSA) is 41.6 Å². The highest BCUT2D eigenvalue weighted by Gasteiger charge is 2.05. The van der Waals surface area contributed by atoms with E-state index in [2.05, 4.69) is 12.2 Å². The number of ether oxygens (including phenoxy) is 1. The largest absolute Gasteiger partial charge is 0.385 e. The van der Waals surface area contributed by atoms with E-state index in [1.807, 2.05) is 0 Å². The van der Waals surface area contributed by atoms with Gasteiger partial charge in [-0.2, -0.15) is 0 Å². The average molecular weight is 202 g/mol. The molecule has 1 atom stereocenters. The molecule has 0 saturated heterocycles. The van der Waals surface area contributed by atoms with Crippen molar-refractivity contribution in [3.05, 3.63) is 0 Å². The molecule has 0 rings (SSSR count). The minimum Gasteiger partial charge on any atom is -0.385 e. The highest BCUT2D eigenvalue weighted by atomic mass is 16.5. The normalized spacial score (nSPS) is 12.6. The third-order valence-corrected chi connectivity index (χ3v) is 2.09. The summed E-state index contributed by atoms with van der Waals surface area (Å²) in [7, 11) is 5.25. The Morgan fingerprint density at radius 2 is 2.14 bits per heavy atom. The van der Waals surface area contributed by atoms with Crippen molar-refractivity contribution in [1.82, 2.24) is 10.2 Å². The first-order chi connectivity index (χ1) is 6.57. The maximum absolute atomic E-state index is 11.2. The van der Waals surface area contributed by atoms with Gasteiger partial charge in [0, 0.05) is 46.8 Å². The van der Waals surface area contributed by atoms with Gasteiger partial charge in [0.2, 0.25) is 5.91 Å². The van der Waals surface area contributed by atoms with Crippen molar-refractivity contribution in [2.24, 2.45) is 0 Å². The lowest BCUT2D eigenvalue weighted by Gasteiger charge is -2.14. The fraction of sp³-hybridized carbons (Fsp3) is 0.900. The Morgan fingerprint density at radius 3 is 2.64 bits per heavy atom. The first-order valence-electron chi connectivity index (χ1n) is 5.00. The molecule has 1 N–H and O–H groups in total. The molecule has 0 saturated carbocycles. The molecule has 0 aliphatic rings. The molecule has 1 unspecified atom stereocenters. The highest BCUT2D eigenvalue weighted by Crippen LogP contribution is 1.92. The van der Waals surface area contributed by atoms with Crippen LogP contribution in [0.1, 0.15) is 19.8 Å². The number of nitrogens with zero attached hydrogens (tertiary/aromatic N) is 1. The van der Waals surface area contributed by atoms with E-state index in [0.29, 0.717) is 12.5 Å². The van der Waals surface area contributed by atoms with Gasteiger partial charge in [0.15, 0.2) is 0 Å². The highest BCUT2D eigenvalue weighted by molar-refractivity contribution is 5.75. The van der Waals surface area contributed by atoms with Crippen LogP contribution in [0, 0.1) is 0 Å². The van der Waals surface area contributed by atoms with Crippen molar-refractivity contribution in [1.29, 1.82) is 0 Å². The second-order valence-electron chi connectivity index (χ2n) is 3.67. The van der Waals surface area contributed by atoms with Gasteiger partial charge >= 0.3 is 0 Å². The monoisotopic (exact) mass is 202 g/mol. The van der Waals surface area contributed by atoms with Crippen LogP contribution < -0.4 is 5.32 Å². The first-order valence-corrected chi connectivity index (χ1v) is 5.00. The van der Waals surface area contributed by atoms with Crippen LogP contribution in [0.25, 0.3) is 0 Å². The Hall–Kier alpha value is -0.610. The summed E-state index contributed by atoms with van der Waals surface area (Å²) >= 11 is 0. The third-order valence-electron chi connectivity index (χ3n) is 2.09. The molecule has 0 aliphatic carbocycles. The molecule has 0 fully saturated rings. The second kappa shape index (κ2) is 7.76. The standard InChI is InChI=1S/C10H22N2O2/c1-9(6-8-14-4)11-7-5-10(13)12(2)3/h9,11H,5-8H2,1-4H3. The predicted molar refractivity (Wildman–Crippen MR) is 57.3 cm³/mol. The van der Waals surface area contributed by atoms with Crippen molar-refractivity contribution in [3.8, 4) is 0 Å².